The zero-order valence-corrected chi connectivity index (χ0v) is 18.4. The molecule has 152 valence electrons. The molecule has 3 heterocycles. The molecule has 0 spiro atoms. The Morgan fingerprint density at radius 1 is 1.07 bits per heavy atom. The van der Waals surface area contributed by atoms with Gasteiger partial charge in [0.1, 0.15) is 5.75 Å². The number of piperidine rings is 3. The topological polar surface area (TPSA) is 32.7 Å². The number of aliphatic hydroxyl groups excluding tert-OH is 1. The number of nitrogens with zero attached hydrogens (tertiary/aromatic N) is 1. The van der Waals surface area contributed by atoms with Crippen LogP contribution in [0.1, 0.15) is 70.3 Å². The van der Waals surface area contributed by atoms with Crippen molar-refractivity contribution >= 4 is 15.9 Å². The van der Waals surface area contributed by atoms with E-state index in [1.54, 1.807) is 0 Å². The summed E-state index contributed by atoms with van der Waals surface area (Å²) in [6.45, 7) is 5.35. The van der Waals surface area contributed by atoms with Crippen molar-refractivity contribution in [2.45, 2.75) is 83.3 Å². The Labute approximate surface area is 173 Å². The number of rotatable bonds is 11. The lowest BCUT2D eigenvalue weighted by Gasteiger charge is -2.49. The summed E-state index contributed by atoms with van der Waals surface area (Å²) in [5.74, 6) is 1.45. The van der Waals surface area contributed by atoms with E-state index in [9.17, 15) is 5.11 Å². The largest absolute Gasteiger partial charge is 0.492 e. The van der Waals surface area contributed by atoms with Gasteiger partial charge in [-0.3, -0.25) is 4.90 Å². The number of fused-ring (bicyclic) bond motifs is 3. The second kappa shape index (κ2) is 10.8. The van der Waals surface area contributed by atoms with Crippen LogP contribution < -0.4 is 4.74 Å². The van der Waals surface area contributed by atoms with Gasteiger partial charge < -0.3 is 9.84 Å². The molecule has 4 heteroatoms. The number of ether oxygens (including phenoxy) is 1. The van der Waals surface area contributed by atoms with Crippen LogP contribution in [0.4, 0.5) is 0 Å². The van der Waals surface area contributed by atoms with Gasteiger partial charge in [0, 0.05) is 6.04 Å². The Balaban J connectivity index is 1.41. The highest BCUT2D eigenvalue weighted by Crippen LogP contribution is 2.35. The first-order valence-electron chi connectivity index (χ1n) is 11.0. The van der Waals surface area contributed by atoms with Gasteiger partial charge in [-0.05, 0) is 78.3 Å². The Kier molecular flexibility index (Phi) is 8.47. The van der Waals surface area contributed by atoms with Crippen LogP contribution >= 0.6 is 15.9 Å². The fourth-order valence-corrected chi connectivity index (χ4v) is 5.18. The van der Waals surface area contributed by atoms with E-state index in [1.165, 1.54) is 44.1 Å². The molecule has 3 fully saturated rings. The number of halogens is 1. The monoisotopic (exact) mass is 437 g/mol. The van der Waals surface area contributed by atoms with Gasteiger partial charge in [0.15, 0.2) is 0 Å². The minimum absolute atomic E-state index is 0.167. The second-order valence-electron chi connectivity index (χ2n) is 8.37. The predicted octanol–water partition coefficient (Wildman–Crippen LogP) is 5.58. The molecule has 3 aliphatic heterocycles. The van der Waals surface area contributed by atoms with Crippen molar-refractivity contribution in [2.24, 2.45) is 5.92 Å². The minimum atomic E-state index is -0.167. The summed E-state index contributed by atoms with van der Waals surface area (Å²) in [5.41, 5.74) is 1.28. The van der Waals surface area contributed by atoms with Crippen LogP contribution in [0, 0.1) is 5.92 Å². The summed E-state index contributed by atoms with van der Waals surface area (Å²) in [6, 6.07) is 6.71. The number of unbranched alkanes of at least 4 members (excludes halogenated alkanes) is 6. The van der Waals surface area contributed by atoms with E-state index in [2.05, 4.69) is 46.0 Å². The molecular formula is C23H36BrNO2. The number of benzene rings is 1. The van der Waals surface area contributed by atoms with Gasteiger partial charge in [0.2, 0.25) is 0 Å². The number of hydrogen-bond donors (Lipinski definition) is 1. The number of aliphatic hydroxyl groups is 1. The normalized spacial score (nSPS) is 27.1. The quantitative estimate of drug-likeness (QED) is 0.458. The first-order chi connectivity index (χ1) is 13.2. The van der Waals surface area contributed by atoms with E-state index in [0.717, 1.165) is 55.6 Å². The molecule has 3 aliphatic rings. The maximum atomic E-state index is 10.6. The molecule has 0 amide bonds. The van der Waals surface area contributed by atoms with Crippen LogP contribution in [0.15, 0.2) is 22.7 Å². The summed E-state index contributed by atoms with van der Waals surface area (Å²) in [5, 5.41) is 10.6. The molecular weight excluding hydrogens is 402 g/mol. The van der Waals surface area contributed by atoms with Crippen LogP contribution in [0.25, 0.3) is 0 Å². The van der Waals surface area contributed by atoms with Crippen LogP contribution in [0.5, 0.6) is 5.75 Å². The van der Waals surface area contributed by atoms with Crippen LogP contribution in [-0.2, 0) is 6.42 Å². The second-order valence-corrected chi connectivity index (χ2v) is 9.22. The standard InChI is InChI=1S/C23H36BrNO2/c1-2-3-4-5-6-7-8-15-27-22-10-9-18(16-20(22)24)17-21-23(26)19-11-13-25(21)14-12-19/h9-10,16,19,21,23,26H,2-8,11-15,17H2,1H3. The van der Waals surface area contributed by atoms with Gasteiger partial charge in [-0.1, -0.05) is 51.5 Å². The van der Waals surface area contributed by atoms with Crippen molar-refractivity contribution in [3.63, 3.8) is 0 Å². The maximum absolute atomic E-state index is 10.6. The molecule has 1 N–H and O–H groups in total. The zero-order valence-electron chi connectivity index (χ0n) is 16.8. The average molecular weight is 438 g/mol. The smallest absolute Gasteiger partial charge is 0.133 e. The van der Waals surface area contributed by atoms with Crippen LogP contribution in [0.2, 0.25) is 0 Å². The molecule has 0 saturated carbocycles. The third-order valence-electron chi connectivity index (χ3n) is 6.37. The molecule has 4 rings (SSSR count). The third kappa shape index (κ3) is 5.95. The molecule has 0 aromatic heterocycles. The van der Waals surface area contributed by atoms with Crippen LogP contribution in [0.3, 0.4) is 0 Å². The van der Waals surface area contributed by atoms with Gasteiger partial charge in [0.25, 0.3) is 0 Å². The summed E-state index contributed by atoms with van der Waals surface area (Å²) in [6.07, 6.45) is 12.2. The Morgan fingerprint density at radius 3 is 2.44 bits per heavy atom. The Bertz CT molecular complexity index is 569. The molecule has 0 aliphatic carbocycles. The van der Waals surface area contributed by atoms with E-state index in [1.807, 2.05) is 0 Å². The summed E-state index contributed by atoms with van der Waals surface area (Å²) >= 11 is 3.68. The average Bonchev–Trinajstić information content (AvgIpc) is 2.68. The van der Waals surface area contributed by atoms with E-state index < -0.39 is 0 Å². The minimum Gasteiger partial charge on any atom is -0.492 e. The summed E-state index contributed by atoms with van der Waals surface area (Å²) < 4.78 is 7.01. The summed E-state index contributed by atoms with van der Waals surface area (Å²) in [4.78, 5) is 2.48. The van der Waals surface area contributed by atoms with E-state index in [0.29, 0.717) is 5.92 Å². The predicted molar refractivity (Wildman–Crippen MR) is 115 cm³/mol. The van der Waals surface area contributed by atoms with Crippen molar-refractivity contribution in [2.75, 3.05) is 19.7 Å². The van der Waals surface area contributed by atoms with Crippen molar-refractivity contribution in [1.82, 2.24) is 4.90 Å². The lowest BCUT2D eigenvalue weighted by molar-refractivity contribution is -0.0715. The van der Waals surface area contributed by atoms with Gasteiger partial charge >= 0.3 is 0 Å². The van der Waals surface area contributed by atoms with Gasteiger partial charge in [-0.25, -0.2) is 0 Å². The lowest BCUT2D eigenvalue weighted by Crippen LogP contribution is -2.58. The molecule has 2 unspecified atom stereocenters. The van der Waals surface area contributed by atoms with Crippen molar-refractivity contribution in [3.8, 4) is 5.75 Å². The van der Waals surface area contributed by atoms with Crippen molar-refractivity contribution < 1.29 is 9.84 Å². The molecule has 3 saturated heterocycles. The fourth-order valence-electron chi connectivity index (χ4n) is 4.64. The Hall–Kier alpha value is -0.580. The molecule has 1 aromatic carbocycles. The lowest BCUT2D eigenvalue weighted by atomic mass is 9.78. The van der Waals surface area contributed by atoms with Gasteiger partial charge in [0.05, 0.1) is 17.2 Å². The third-order valence-corrected chi connectivity index (χ3v) is 6.99. The molecule has 0 radical (unpaired) electrons. The molecule has 3 nitrogen and oxygen atoms in total. The highest BCUT2D eigenvalue weighted by Gasteiger charge is 2.40. The highest BCUT2D eigenvalue weighted by molar-refractivity contribution is 9.10. The van der Waals surface area contributed by atoms with Crippen molar-refractivity contribution in [1.29, 1.82) is 0 Å². The van der Waals surface area contributed by atoms with Gasteiger partial charge in [-0.2, -0.15) is 0 Å². The fraction of sp³-hybridized carbons (Fsp3) is 0.739. The molecule has 1 aromatic rings. The summed E-state index contributed by atoms with van der Waals surface area (Å²) in [7, 11) is 0. The maximum Gasteiger partial charge on any atom is 0.133 e. The highest BCUT2D eigenvalue weighted by atomic mass is 79.9. The first-order valence-corrected chi connectivity index (χ1v) is 11.8. The SMILES string of the molecule is CCCCCCCCCOc1ccc(CC2C(O)C3CCN2CC3)cc1Br. The molecule has 2 atom stereocenters. The van der Waals surface area contributed by atoms with E-state index in [4.69, 9.17) is 4.74 Å². The van der Waals surface area contributed by atoms with E-state index in [-0.39, 0.29) is 12.1 Å². The molecule has 27 heavy (non-hydrogen) atoms. The van der Waals surface area contributed by atoms with Crippen molar-refractivity contribution in [3.05, 3.63) is 28.2 Å². The Morgan fingerprint density at radius 2 is 1.78 bits per heavy atom. The zero-order chi connectivity index (χ0) is 19.1. The first kappa shape index (κ1) is 21.1. The van der Waals surface area contributed by atoms with Gasteiger partial charge in [-0.15, -0.1) is 0 Å². The number of hydrogen-bond acceptors (Lipinski definition) is 3. The molecule has 2 bridgehead atoms. The van der Waals surface area contributed by atoms with E-state index >= 15 is 0 Å². The van der Waals surface area contributed by atoms with Crippen LogP contribution in [-0.4, -0.2) is 41.8 Å².